The van der Waals surface area contributed by atoms with Crippen molar-refractivity contribution < 1.29 is 14.3 Å². The van der Waals surface area contributed by atoms with E-state index in [-0.39, 0.29) is 36.3 Å². The summed E-state index contributed by atoms with van der Waals surface area (Å²) in [5, 5.41) is 6.78. The van der Waals surface area contributed by atoms with Gasteiger partial charge < -0.3 is 29.7 Å². The molecule has 0 aliphatic carbocycles. The van der Waals surface area contributed by atoms with Crippen LogP contribution < -0.4 is 25.8 Å². The third-order valence-corrected chi connectivity index (χ3v) is 6.78. The van der Waals surface area contributed by atoms with Gasteiger partial charge in [0.15, 0.2) is 18.2 Å². The smallest absolute Gasteiger partial charge is 0.293 e. The molecule has 1 fully saturated rings. The van der Waals surface area contributed by atoms with E-state index < -0.39 is 5.91 Å². The lowest BCUT2D eigenvalue weighted by Gasteiger charge is -2.32. The number of terminal acetylenes is 1. The number of hydrogen-bond donors (Lipinski definition) is 2. The van der Waals surface area contributed by atoms with E-state index in [4.69, 9.17) is 22.8 Å². The fraction of sp³-hybridized carbons (Fsp3) is 0.370. The summed E-state index contributed by atoms with van der Waals surface area (Å²) in [6.07, 6.45) is 8.14. The Morgan fingerprint density at radius 1 is 1.26 bits per heavy atom. The van der Waals surface area contributed by atoms with Crippen LogP contribution in [-0.2, 0) is 16.6 Å². The SMILES string of the molecule is C#CCNC(=O)COc1cc2cc(Nc3nc(N4CCC(C(=O)N(C)C)CC4)ncc3Cl)ccc2n(C)c1=O. The number of aromatic nitrogens is 3. The van der Waals surface area contributed by atoms with E-state index in [0.717, 1.165) is 12.8 Å². The van der Waals surface area contributed by atoms with Crippen molar-refractivity contribution in [2.45, 2.75) is 12.8 Å². The summed E-state index contributed by atoms with van der Waals surface area (Å²) in [5.41, 5.74) is 0.993. The van der Waals surface area contributed by atoms with Crippen LogP contribution in [0.2, 0.25) is 5.02 Å². The summed E-state index contributed by atoms with van der Waals surface area (Å²) in [4.78, 5) is 49.6. The molecule has 12 heteroatoms. The number of carbonyl (C=O) groups is 2. The predicted molar refractivity (Wildman–Crippen MR) is 150 cm³/mol. The second-order valence-electron chi connectivity index (χ2n) is 9.40. The van der Waals surface area contributed by atoms with Crippen molar-refractivity contribution in [2.24, 2.45) is 13.0 Å². The van der Waals surface area contributed by atoms with Gasteiger partial charge in [-0.05, 0) is 37.1 Å². The molecule has 3 heterocycles. The van der Waals surface area contributed by atoms with Crippen LogP contribution in [0.5, 0.6) is 5.75 Å². The molecule has 2 aromatic heterocycles. The van der Waals surface area contributed by atoms with Crippen LogP contribution in [0.1, 0.15) is 12.8 Å². The van der Waals surface area contributed by atoms with Gasteiger partial charge in [0.1, 0.15) is 5.02 Å². The fourth-order valence-electron chi connectivity index (χ4n) is 4.40. The third kappa shape index (κ3) is 6.41. The van der Waals surface area contributed by atoms with Gasteiger partial charge in [-0.1, -0.05) is 17.5 Å². The molecule has 0 radical (unpaired) electrons. The average Bonchev–Trinajstić information content (AvgIpc) is 2.93. The molecule has 1 aliphatic heterocycles. The molecule has 1 aromatic carbocycles. The standard InChI is InChI=1S/C27H30ClN7O4/c1-5-10-29-23(36)16-39-22-14-18-13-19(6-7-21(18)34(4)26(22)38)31-24-20(28)15-30-27(32-24)35-11-8-17(9-12-35)25(37)33(2)3/h1,6-7,13-15,17H,8-12,16H2,2-4H3,(H,29,36)(H,30,31,32). The molecule has 0 saturated carbocycles. The van der Waals surface area contributed by atoms with Crippen molar-refractivity contribution >= 4 is 51.8 Å². The first-order valence-electron chi connectivity index (χ1n) is 12.4. The number of aryl methyl sites for hydroxylation is 1. The number of nitrogens with one attached hydrogen (secondary N) is 2. The van der Waals surface area contributed by atoms with Gasteiger partial charge in [-0.3, -0.25) is 14.4 Å². The summed E-state index contributed by atoms with van der Waals surface area (Å²) in [6.45, 7) is 1.08. The van der Waals surface area contributed by atoms with E-state index in [2.05, 4.69) is 26.5 Å². The van der Waals surface area contributed by atoms with Crippen LogP contribution in [0, 0.1) is 18.3 Å². The van der Waals surface area contributed by atoms with Crippen molar-refractivity contribution in [1.82, 2.24) is 24.8 Å². The highest BCUT2D eigenvalue weighted by molar-refractivity contribution is 6.32. The number of nitrogens with zero attached hydrogens (tertiary/aromatic N) is 5. The van der Waals surface area contributed by atoms with E-state index in [9.17, 15) is 14.4 Å². The molecule has 11 nitrogen and oxygen atoms in total. The van der Waals surface area contributed by atoms with Crippen molar-refractivity contribution in [3.63, 3.8) is 0 Å². The van der Waals surface area contributed by atoms with Gasteiger partial charge in [-0.15, -0.1) is 6.42 Å². The normalized spacial score (nSPS) is 13.6. The van der Waals surface area contributed by atoms with Crippen molar-refractivity contribution in [3.8, 4) is 18.1 Å². The molecular weight excluding hydrogens is 522 g/mol. The minimum atomic E-state index is -0.423. The Labute approximate surface area is 231 Å². The first kappa shape index (κ1) is 27.7. The molecular formula is C27H30ClN7O4. The Balaban J connectivity index is 1.52. The van der Waals surface area contributed by atoms with Crippen LogP contribution >= 0.6 is 11.6 Å². The molecule has 1 aliphatic rings. The number of carbonyl (C=O) groups excluding carboxylic acids is 2. The molecule has 1 saturated heterocycles. The largest absolute Gasteiger partial charge is 0.478 e. The molecule has 4 rings (SSSR count). The quantitative estimate of drug-likeness (QED) is 0.409. The van der Waals surface area contributed by atoms with E-state index in [1.54, 1.807) is 44.4 Å². The fourth-order valence-corrected chi connectivity index (χ4v) is 4.54. The maximum atomic E-state index is 12.7. The van der Waals surface area contributed by atoms with Gasteiger partial charge in [-0.25, -0.2) is 4.98 Å². The van der Waals surface area contributed by atoms with E-state index >= 15 is 0 Å². The summed E-state index contributed by atoms with van der Waals surface area (Å²) >= 11 is 6.41. The van der Waals surface area contributed by atoms with Crippen LogP contribution in [0.15, 0.2) is 35.3 Å². The van der Waals surface area contributed by atoms with Crippen molar-refractivity contribution in [1.29, 1.82) is 0 Å². The molecule has 0 spiro atoms. The number of ether oxygens (including phenoxy) is 1. The summed E-state index contributed by atoms with van der Waals surface area (Å²) in [5.74, 6) is 3.02. The molecule has 204 valence electrons. The Morgan fingerprint density at radius 2 is 2.00 bits per heavy atom. The topological polar surface area (TPSA) is 122 Å². The maximum Gasteiger partial charge on any atom is 0.293 e. The molecule has 0 atom stereocenters. The number of piperidine rings is 1. The average molecular weight is 552 g/mol. The Kier molecular flexibility index (Phi) is 8.56. The summed E-state index contributed by atoms with van der Waals surface area (Å²) < 4.78 is 6.93. The Morgan fingerprint density at radius 3 is 2.69 bits per heavy atom. The number of rotatable bonds is 8. The highest BCUT2D eigenvalue weighted by atomic mass is 35.5. The third-order valence-electron chi connectivity index (χ3n) is 6.50. The van der Waals surface area contributed by atoms with Gasteiger partial charge in [0.2, 0.25) is 11.9 Å². The Hall–Kier alpha value is -4.30. The molecule has 0 unspecified atom stereocenters. The van der Waals surface area contributed by atoms with Gasteiger partial charge in [-0.2, -0.15) is 4.98 Å². The zero-order valence-electron chi connectivity index (χ0n) is 22.0. The lowest BCUT2D eigenvalue weighted by molar-refractivity contribution is -0.133. The lowest BCUT2D eigenvalue weighted by Crippen LogP contribution is -2.40. The van der Waals surface area contributed by atoms with Gasteiger partial charge in [0, 0.05) is 51.2 Å². The molecule has 0 bridgehead atoms. The van der Waals surface area contributed by atoms with E-state index in [0.29, 0.717) is 46.5 Å². The number of anilines is 3. The van der Waals surface area contributed by atoms with E-state index in [1.165, 1.54) is 4.57 Å². The monoisotopic (exact) mass is 551 g/mol. The molecule has 39 heavy (non-hydrogen) atoms. The van der Waals surface area contributed by atoms with Crippen LogP contribution in [-0.4, -0.2) is 71.6 Å². The van der Waals surface area contributed by atoms with Gasteiger partial charge in [0.05, 0.1) is 18.3 Å². The predicted octanol–water partition coefficient (Wildman–Crippen LogP) is 2.16. The molecule has 2 N–H and O–H groups in total. The highest BCUT2D eigenvalue weighted by Gasteiger charge is 2.27. The summed E-state index contributed by atoms with van der Waals surface area (Å²) in [6, 6.07) is 7.02. The minimum absolute atomic E-state index is 0.000844. The number of halogens is 1. The number of amides is 2. The maximum absolute atomic E-state index is 12.7. The first-order chi connectivity index (χ1) is 18.7. The lowest BCUT2D eigenvalue weighted by atomic mass is 9.96. The first-order valence-corrected chi connectivity index (χ1v) is 12.8. The van der Waals surface area contributed by atoms with Crippen LogP contribution in [0.4, 0.5) is 17.5 Å². The van der Waals surface area contributed by atoms with E-state index in [1.807, 2.05) is 17.0 Å². The van der Waals surface area contributed by atoms with Gasteiger partial charge >= 0.3 is 0 Å². The number of benzene rings is 1. The zero-order chi connectivity index (χ0) is 28.1. The number of hydrogen-bond acceptors (Lipinski definition) is 8. The van der Waals surface area contributed by atoms with Crippen LogP contribution in [0.25, 0.3) is 10.9 Å². The number of pyridine rings is 1. The number of fused-ring (bicyclic) bond motifs is 1. The van der Waals surface area contributed by atoms with Gasteiger partial charge in [0.25, 0.3) is 11.5 Å². The van der Waals surface area contributed by atoms with Crippen molar-refractivity contribution in [3.05, 3.63) is 45.8 Å². The molecule has 3 aromatic rings. The highest BCUT2D eigenvalue weighted by Crippen LogP contribution is 2.29. The minimum Gasteiger partial charge on any atom is -0.478 e. The second kappa shape index (κ2) is 12.0. The Bertz CT molecular complexity index is 1490. The van der Waals surface area contributed by atoms with Crippen molar-refractivity contribution in [2.75, 3.05) is 50.6 Å². The zero-order valence-corrected chi connectivity index (χ0v) is 22.8. The second-order valence-corrected chi connectivity index (χ2v) is 9.81. The van der Waals surface area contributed by atoms with Crippen LogP contribution in [0.3, 0.4) is 0 Å². The molecule has 2 amide bonds. The summed E-state index contributed by atoms with van der Waals surface area (Å²) in [7, 11) is 5.18.